The average Bonchev–Trinajstić information content (AvgIpc) is 2.81. The maximum atomic E-state index is 13.3. The molecule has 2 aromatic rings. The van der Waals surface area contributed by atoms with Crippen molar-refractivity contribution in [1.29, 1.82) is 0 Å². The van der Waals surface area contributed by atoms with Crippen molar-refractivity contribution in [2.75, 3.05) is 0 Å². The van der Waals surface area contributed by atoms with Crippen LogP contribution >= 0.6 is 11.6 Å². The largest absolute Gasteiger partial charge is 0.350 e. The number of nitrogens with two attached hydrogens (primary N) is 1. The third-order valence-electron chi connectivity index (χ3n) is 2.99. The van der Waals surface area contributed by atoms with E-state index in [9.17, 15) is 4.39 Å². The van der Waals surface area contributed by atoms with E-state index in [0.29, 0.717) is 6.54 Å². The summed E-state index contributed by atoms with van der Waals surface area (Å²) < 4.78 is 15.3. The second-order valence-corrected chi connectivity index (χ2v) is 4.79. The van der Waals surface area contributed by atoms with Gasteiger partial charge in [0, 0.05) is 25.0 Å². The van der Waals surface area contributed by atoms with Crippen LogP contribution in [0.4, 0.5) is 4.39 Å². The third kappa shape index (κ3) is 2.92. The van der Waals surface area contributed by atoms with E-state index in [1.165, 1.54) is 6.07 Å². The van der Waals surface area contributed by atoms with E-state index in [4.69, 9.17) is 17.3 Å². The molecule has 2 rings (SSSR count). The fraction of sp³-hybridized carbons (Fsp3) is 0.286. The molecule has 0 saturated carbocycles. The number of hydrogen-bond donors (Lipinski definition) is 1. The number of hydrogen-bond acceptors (Lipinski definition) is 1. The van der Waals surface area contributed by atoms with E-state index in [1.54, 1.807) is 6.07 Å². The zero-order valence-corrected chi connectivity index (χ0v) is 11.0. The van der Waals surface area contributed by atoms with Crippen molar-refractivity contribution in [3.63, 3.8) is 0 Å². The summed E-state index contributed by atoms with van der Waals surface area (Å²) in [7, 11) is 0. The minimum Gasteiger partial charge on any atom is -0.350 e. The maximum absolute atomic E-state index is 13.3. The first-order valence-electron chi connectivity index (χ1n) is 5.95. The van der Waals surface area contributed by atoms with Crippen LogP contribution in [0, 0.1) is 5.82 Å². The van der Waals surface area contributed by atoms with Gasteiger partial charge in [-0.25, -0.2) is 4.39 Å². The standard InChI is InChI=1S/C14H16ClFN2/c1-2-14(17)11-5-6-18(9-11)8-10-3-4-12(15)13(16)7-10/h3-7,9,14H,2,8,17H2,1H3. The highest BCUT2D eigenvalue weighted by atomic mass is 35.5. The molecule has 2 nitrogen and oxygen atoms in total. The smallest absolute Gasteiger partial charge is 0.142 e. The van der Waals surface area contributed by atoms with Gasteiger partial charge in [0.25, 0.3) is 0 Å². The minimum absolute atomic E-state index is 0.0632. The predicted molar refractivity (Wildman–Crippen MR) is 72.2 cm³/mol. The van der Waals surface area contributed by atoms with Gasteiger partial charge in [0.1, 0.15) is 5.82 Å². The third-order valence-corrected chi connectivity index (χ3v) is 3.30. The molecule has 1 aromatic carbocycles. The molecule has 18 heavy (non-hydrogen) atoms. The molecule has 1 aromatic heterocycles. The van der Waals surface area contributed by atoms with E-state index in [-0.39, 0.29) is 16.9 Å². The van der Waals surface area contributed by atoms with Crippen LogP contribution in [-0.4, -0.2) is 4.57 Å². The Bertz CT molecular complexity index is 536. The molecule has 2 N–H and O–H groups in total. The topological polar surface area (TPSA) is 30.9 Å². The van der Waals surface area contributed by atoms with Gasteiger partial charge in [-0.1, -0.05) is 24.6 Å². The van der Waals surface area contributed by atoms with E-state index < -0.39 is 0 Å². The lowest BCUT2D eigenvalue weighted by Gasteiger charge is -2.06. The van der Waals surface area contributed by atoms with Crippen LogP contribution in [0.15, 0.2) is 36.7 Å². The predicted octanol–water partition coefficient (Wildman–Crippen LogP) is 3.74. The first kappa shape index (κ1) is 13.1. The van der Waals surface area contributed by atoms with Gasteiger partial charge >= 0.3 is 0 Å². The molecule has 0 aliphatic heterocycles. The summed E-state index contributed by atoms with van der Waals surface area (Å²) in [6.07, 6.45) is 4.86. The Morgan fingerprint density at radius 3 is 2.83 bits per heavy atom. The highest BCUT2D eigenvalue weighted by Crippen LogP contribution is 2.18. The molecule has 0 radical (unpaired) electrons. The molecule has 96 valence electrons. The van der Waals surface area contributed by atoms with Crippen molar-refractivity contribution in [2.24, 2.45) is 5.73 Å². The lowest BCUT2D eigenvalue weighted by Crippen LogP contribution is -2.07. The molecular weight excluding hydrogens is 251 g/mol. The van der Waals surface area contributed by atoms with Gasteiger partial charge in [-0.05, 0) is 35.7 Å². The van der Waals surface area contributed by atoms with Crippen molar-refractivity contribution >= 4 is 11.6 Å². The second-order valence-electron chi connectivity index (χ2n) is 4.38. The zero-order valence-electron chi connectivity index (χ0n) is 10.2. The molecule has 0 amide bonds. The molecule has 0 aliphatic carbocycles. The molecule has 0 spiro atoms. The molecule has 0 bridgehead atoms. The Labute approximate surface area is 111 Å². The van der Waals surface area contributed by atoms with Gasteiger partial charge in [0.15, 0.2) is 0 Å². The SMILES string of the molecule is CCC(N)c1ccn(Cc2ccc(Cl)c(F)c2)c1. The highest BCUT2D eigenvalue weighted by molar-refractivity contribution is 6.30. The van der Waals surface area contributed by atoms with Gasteiger partial charge in [0.2, 0.25) is 0 Å². The summed E-state index contributed by atoms with van der Waals surface area (Å²) in [6.45, 7) is 2.67. The normalized spacial score (nSPS) is 12.7. The van der Waals surface area contributed by atoms with Gasteiger partial charge < -0.3 is 10.3 Å². The Morgan fingerprint density at radius 1 is 1.39 bits per heavy atom. The minimum atomic E-state index is -0.383. The van der Waals surface area contributed by atoms with Crippen LogP contribution in [0.2, 0.25) is 5.02 Å². The highest BCUT2D eigenvalue weighted by Gasteiger charge is 2.06. The van der Waals surface area contributed by atoms with E-state index in [0.717, 1.165) is 17.5 Å². The molecule has 1 unspecified atom stereocenters. The van der Waals surface area contributed by atoms with E-state index in [1.807, 2.05) is 29.1 Å². The number of halogens is 2. The maximum Gasteiger partial charge on any atom is 0.142 e. The molecule has 1 heterocycles. The number of nitrogens with zero attached hydrogens (tertiary/aromatic N) is 1. The zero-order chi connectivity index (χ0) is 13.1. The lowest BCUT2D eigenvalue weighted by molar-refractivity contribution is 0.624. The van der Waals surface area contributed by atoms with Gasteiger partial charge in [-0.3, -0.25) is 0 Å². The monoisotopic (exact) mass is 266 g/mol. The lowest BCUT2D eigenvalue weighted by atomic mass is 10.1. The van der Waals surface area contributed by atoms with Gasteiger partial charge in [0.05, 0.1) is 5.02 Å². The molecule has 0 saturated heterocycles. The first-order chi connectivity index (χ1) is 8.60. The van der Waals surface area contributed by atoms with Crippen LogP contribution < -0.4 is 5.73 Å². The Balaban J connectivity index is 2.13. The summed E-state index contributed by atoms with van der Waals surface area (Å²) in [5.74, 6) is -0.383. The molecule has 0 fully saturated rings. The fourth-order valence-electron chi connectivity index (χ4n) is 1.86. The van der Waals surface area contributed by atoms with Crippen LogP contribution in [0.5, 0.6) is 0 Å². The summed E-state index contributed by atoms with van der Waals surface area (Å²) in [5, 5.41) is 0.153. The van der Waals surface area contributed by atoms with Crippen molar-refractivity contribution < 1.29 is 4.39 Å². The molecule has 4 heteroatoms. The van der Waals surface area contributed by atoms with Gasteiger partial charge in [-0.15, -0.1) is 0 Å². The fourth-order valence-corrected chi connectivity index (χ4v) is 1.98. The van der Waals surface area contributed by atoms with Crippen LogP contribution in [0.1, 0.15) is 30.5 Å². The van der Waals surface area contributed by atoms with Gasteiger partial charge in [-0.2, -0.15) is 0 Å². The van der Waals surface area contributed by atoms with Crippen molar-refractivity contribution in [3.05, 3.63) is 58.6 Å². The van der Waals surface area contributed by atoms with Crippen molar-refractivity contribution in [2.45, 2.75) is 25.9 Å². The molecular formula is C14H16ClFN2. The summed E-state index contributed by atoms with van der Waals surface area (Å²) in [4.78, 5) is 0. The van der Waals surface area contributed by atoms with E-state index in [2.05, 4.69) is 6.92 Å². The Kier molecular flexibility index (Phi) is 4.04. The Morgan fingerprint density at radius 2 is 2.17 bits per heavy atom. The summed E-state index contributed by atoms with van der Waals surface area (Å²) in [5.41, 5.74) is 7.94. The van der Waals surface area contributed by atoms with Crippen LogP contribution in [0.3, 0.4) is 0 Å². The van der Waals surface area contributed by atoms with E-state index >= 15 is 0 Å². The van der Waals surface area contributed by atoms with Crippen molar-refractivity contribution in [1.82, 2.24) is 4.57 Å². The van der Waals surface area contributed by atoms with Crippen LogP contribution in [0.25, 0.3) is 0 Å². The number of rotatable bonds is 4. The summed E-state index contributed by atoms with van der Waals surface area (Å²) >= 11 is 5.65. The molecule has 0 aliphatic rings. The molecule has 1 atom stereocenters. The quantitative estimate of drug-likeness (QED) is 0.898. The average molecular weight is 267 g/mol. The Hall–Kier alpha value is -1.32. The van der Waals surface area contributed by atoms with Crippen LogP contribution in [-0.2, 0) is 6.54 Å². The number of aromatic nitrogens is 1. The first-order valence-corrected chi connectivity index (χ1v) is 6.33. The number of benzene rings is 1. The summed E-state index contributed by atoms with van der Waals surface area (Å²) in [6, 6.07) is 6.93. The van der Waals surface area contributed by atoms with Crippen molar-refractivity contribution in [3.8, 4) is 0 Å². The second kappa shape index (κ2) is 5.55.